The van der Waals surface area contributed by atoms with E-state index in [0.29, 0.717) is 22.7 Å². The number of carbonyl (C=O) groups excluding carboxylic acids is 2. The van der Waals surface area contributed by atoms with Gasteiger partial charge in [0.05, 0.1) is 15.9 Å². The van der Waals surface area contributed by atoms with Gasteiger partial charge in [0.25, 0.3) is 11.8 Å². The van der Waals surface area contributed by atoms with Crippen molar-refractivity contribution in [3.8, 4) is 0 Å². The van der Waals surface area contributed by atoms with Gasteiger partial charge in [-0.1, -0.05) is 37.3 Å². The summed E-state index contributed by atoms with van der Waals surface area (Å²) in [5.41, 5.74) is 5.80. The third kappa shape index (κ3) is 4.43. The molecule has 0 saturated carbocycles. The van der Waals surface area contributed by atoms with E-state index in [2.05, 4.69) is 5.32 Å². The lowest BCUT2D eigenvalue weighted by atomic mass is 9.79. The van der Waals surface area contributed by atoms with Crippen LogP contribution in [0.15, 0.2) is 42.5 Å². The van der Waals surface area contributed by atoms with Crippen molar-refractivity contribution in [1.82, 2.24) is 5.32 Å². The minimum Gasteiger partial charge on any atom is -0.393 e. The van der Waals surface area contributed by atoms with Crippen molar-refractivity contribution in [3.63, 3.8) is 0 Å². The number of hydrogen-bond donors (Lipinski definition) is 3. The van der Waals surface area contributed by atoms with E-state index in [1.165, 1.54) is 0 Å². The minimum absolute atomic E-state index is 0.271. The summed E-state index contributed by atoms with van der Waals surface area (Å²) in [7, 11) is 0. The molecule has 2 rings (SSSR count). The molecule has 0 radical (unpaired) electrons. The van der Waals surface area contributed by atoms with Crippen molar-refractivity contribution in [2.75, 3.05) is 6.54 Å². The Balaban J connectivity index is 2.04. The van der Waals surface area contributed by atoms with Crippen LogP contribution in [0.1, 0.15) is 38.8 Å². The second-order valence-electron chi connectivity index (χ2n) is 6.20. The van der Waals surface area contributed by atoms with Gasteiger partial charge in [0.15, 0.2) is 0 Å². The first kappa shape index (κ1) is 18.2. The van der Waals surface area contributed by atoms with Crippen LogP contribution in [0.5, 0.6) is 0 Å². The molecule has 2 atom stereocenters. The molecule has 1 aromatic heterocycles. The normalized spacial score (nSPS) is 14.6. The van der Waals surface area contributed by atoms with Crippen LogP contribution < -0.4 is 11.1 Å². The van der Waals surface area contributed by atoms with E-state index >= 15 is 0 Å². The molecular weight excluding hydrogens is 324 g/mol. The second kappa shape index (κ2) is 7.59. The van der Waals surface area contributed by atoms with Crippen LogP contribution in [0.3, 0.4) is 0 Å². The molecule has 0 aliphatic rings. The van der Waals surface area contributed by atoms with Crippen molar-refractivity contribution < 1.29 is 14.7 Å². The number of rotatable bonds is 7. The van der Waals surface area contributed by atoms with Crippen molar-refractivity contribution in [2.24, 2.45) is 11.1 Å². The first-order valence-electron chi connectivity index (χ1n) is 7.71. The number of primary amides is 1. The van der Waals surface area contributed by atoms with Gasteiger partial charge < -0.3 is 16.2 Å². The summed E-state index contributed by atoms with van der Waals surface area (Å²) in [6.07, 6.45) is 0.0467. The van der Waals surface area contributed by atoms with Gasteiger partial charge in [0, 0.05) is 12.0 Å². The van der Waals surface area contributed by atoms with Gasteiger partial charge in [-0.2, -0.15) is 0 Å². The fraction of sp³-hybridized carbons (Fsp3) is 0.333. The second-order valence-corrected chi connectivity index (χ2v) is 7.29. The molecule has 0 saturated heterocycles. The number of amides is 2. The molecular formula is C18H22N2O3S. The Labute approximate surface area is 145 Å². The fourth-order valence-corrected chi connectivity index (χ4v) is 3.16. The molecule has 0 unspecified atom stereocenters. The number of nitrogens with two attached hydrogens (primary N) is 1. The molecule has 4 N–H and O–H groups in total. The highest BCUT2D eigenvalue weighted by atomic mass is 32.1. The summed E-state index contributed by atoms with van der Waals surface area (Å²) < 4.78 is 0. The van der Waals surface area contributed by atoms with Gasteiger partial charge in [0.2, 0.25) is 0 Å². The number of thiophene rings is 1. The Bertz CT molecular complexity index is 712. The average molecular weight is 346 g/mol. The third-order valence-corrected chi connectivity index (χ3v) is 5.28. The topological polar surface area (TPSA) is 92.4 Å². The first-order chi connectivity index (χ1) is 11.3. The number of nitrogens with one attached hydrogen (secondary N) is 1. The number of hydrogen-bond acceptors (Lipinski definition) is 4. The third-order valence-electron chi connectivity index (χ3n) is 4.18. The molecule has 2 amide bonds. The van der Waals surface area contributed by atoms with Gasteiger partial charge in [-0.25, -0.2) is 0 Å². The minimum atomic E-state index is -0.595. The van der Waals surface area contributed by atoms with Crippen molar-refractivity contribution in [2.45, 2.75) is 26.4 Å². The van der Waals surface area contributed by atoms with Crippen LogP contribution in [0, 0.1) is 5.41 Å². The lowest BCUT2D eigenvalue weighted by Gasteiger charge is -2.33. The van der Waals surface area contributed by atoms with E-state index in [4.69, 9.17) is 5.73 Å². The monoisotopic (exact) mass is 346 g/mol. The fourth-order valence-electron chi connectivity index (χ4n) is 2.38. The predicted octanol–water partition coefficient (Wildman–Crippen LogP) is 2.21. The highest BCUT2D eigenvalue weighted by Gasteiger charge is 2.31. The molecule has 24 heavy (non-hydrogen) atoms. The summed E-state index contributed by atoms with van der Waals surface area (Å²) in [6, 6.07) is 13.0. The van der Waals surface area contributed by atoms with Crippen LogP contribution in [0.25, 0.3) is 0 Å². The van der Waals surface area contributed by atoms with E-state index < -0.39 is 17.4 Å². The first-order valence-corrected chi connectivity index (χ1v) is 8.53. The van der Waals surface area contributed by atoms with Crippen LogP contribution in [0.4, 0.5) is 0 Å². The molecule has 0 aliphatic heterocycles. The number of benzene rings is 1. The van der Waals surface area contributed by atoms with E-state index in [-0.39, 0.29) is 5.91 Å². The summed E-state index contributed by atoms with van der Waals surface area (Å²) >= 11 is 1.06. The maximum absolute atomic E-state index is 12.3. The van der Waals surface area contributed by atoms with Crippen LogP contribution in [-0.4, -0.2) is 29.6 Å². The van der Waals surface area contributed by atoms with Crippen LogP contribution in [0.2, 0.25) is 0 Å². The Hall–Kier alpha value is -2.18. The van der Waals surface area contributed by atoms with Gasteiger partial charge in [-0.05, 0) is 31.0 Å². The van der Waals surface area contributed by atoms with Gasteiger partial charge >= 0.3 is 0 Å². The highest BCUT2D eigenvalue weighted by Crippen LogP contribution is 2.26. The highest BCUT2D eigenvalue weighted by molar-refractivity contribution is 7.15. The standard InChI is InChI=1S/C18H22N2O3S/c1-12(21)18(2,10-13-6-4-3-5-7-13)11-20-17(23)15-9-8-14(24-15)16(19)22/h3-9,12,21H,10-11H2,1-2H3,(H2,19,22)(H,20,23)/t12-,18+/m1/s1. The molecule has 1 heterocycles. The molecule has 0 aliphatic carbocycles. The zero-order chi connectivity index (χ0) is 17.7. The lowest BCUT2D eigenvalue weighted by molar-refractivity contribution is 0.0501. The quantitative estimate of drug-likeness (QED) is 0.717. The Kier molecular flexibility index (Phi) is 5.75. The van der Waals surface area contributed by atoms with Crippen LogP contribution >= 0.6 is 11.3 Å². The molecule has 5 nitrogen and oxygen atoms in total. The van der Waals surface area contributed by atoms with Gasteiger partial charge in [0.1, 0.15) is 0 Å². The maximum atomic E-state index is 12.3. The smallest absolute Gasteiger partial charge is 0.261 e. The molecule has 128 valence electrons. The summed E-state index contributed by atoms with van der Waals surface area (Å²) in [4.78, 5) is 24.2. The van der Waals surface area contributed by atoms with Gasteiger partial charge in [-0.15, -0.1) is 11.3 Å². The average Bonchev–Trinajstić information content (AvgIpc) is 3.04. The maximum Gasteiger partial charge on any atom is 0.261 e. The molecule has 1 aromatic carbocycles. The summed E-state index contributed by atoms with van der Waals surface area (Å²) in [6.45, 7) is 3.99. The number of carbonyl (C=O) groups is 2. The van der Waals surface area contributed by atoms with Crippen LogP contribution in [-0.2, 0) is 6.42 Å². The Morgan fingerprint density at radius 2 is 1.83 bits per heavy atom. The van der Waals surface area contributed by atoms with Gasteiger partial charge in [-0.3, -0.25) is 9.59 Å². The summed E-state index contributed by atoms with van der Waals surface area (Å²) in [5, 5.41) is 13.0. The largest absolute Gasteiger partial charge is 0.393 e. The van der Waals surface area contributed by atoms with E-state index in [1.807, 2.05) is 37.3 Å². The number of aliphatic hydroxyl groups is 1. The van der Waals surface area contributed by atoms with E-state index in [0.717, 1.165) is 16.9 Å². The van der Waals surface area contributed by atoms with E-state index in [1.54, 1.807) is 19.1 Å². The Morgan fingerprint density at radius 1 is 1.21 bits per heavy atom. The zero-order valence-electron chi connectivity index (χ0n) is 13.8. The van der Waals surface area contributed by atoms with Crippen molar-refractivity contribution in [3.05, 3.63) is 57.8 Å². The molecule has 0 bridgehead atoms. The lowest BCUT2D eigenvalue weighted by Crippen LogP contribution is -2.43. The zero-order valence-corrected chi connectivity index (χ0v) is 14.6. The SMILES string of the molecule is C[C@@H](O)[C@](C)(CNC(=O)c1ccc(C(N)=O)s1)Cc1ccccc1. The summed E-state index contributed by atoms with van der Waals surface area (Å²) in [5.74, 6) is -0.815. The molecule has 6 heteroatoms. The van der Waals surface area contributed by atoms with Crippen molar-refractivity contribution in [1.29, 1.82) is 0 Å². The molecule has 0 spiro atoms. The Morgan fingerprint density at radius 3 is 2.38 bits per heavy atom. The molecule has 0 fully saturated rings. The number of aliphatic hydroxyl groups excluding tert-OH is 1. The van der Waals surface area contributed by atoms with E-state index in [9.17, 15) is 14.7 Å². The molecule has 2 aromatic rings. The van der Waals surface area contributed by atoms with Crippen molar-refractivity contribution >= 4 is 23.2 Å². The predicted molar refractivity (Wildman–Crippen MR) is 95.1 cm³/mol.